The molecule has 5 nitrogen and oxygen atoms in total. The average molecular weight is 333 g/mol. The lowest BCUT2D eigenvalue weighted by Crippen LogP contribution is -1.97. The number of rotatable bonds is 5. The highest BCUT2D eigenvalue weighted by Gasteiger charge is 2.12. The molecule has 4 aromatic rings. The molecule has 124 valence electrons. The summed E-state index contributed by atoms with van der Waals surface area (Å²) in [6, 6.07) is 16.8. The molecule has 2 aromatic carbocycles. The minimum absolute atomic E-state index is 0.298. The summed E-state index contributed by atoms with van der Waals surface area (Å²) in [6.07, 6.45) is 0.685. The van der Waals surface area contributed by atoms with Gasteiger partial charge in [0.2, 0.25) is 5.89 Å². The third-order valence-corrected chi connectivity index (χ3v) is 3.91. The van der Waals surface area contributed by atoms with Crippen molar-refractivity contribution < 1.29 is 18.4 Å². The second-order valence-corrected chi connectivity index (χ2v) is 5.64. The van der Waals surface area contributed by atoms with Gasteiger partial charge >= 0.3 is 0 Å². The van der Waals surface area contributed by atoms with Gasteiger partial charge in [0.1, 0.15) is 29.4 Å². The SMILES string of the molecule is Cc1oc(-c2ccccc2)nc1COc1ccc2oc(C=O)cc2c1. The molecular formula is C20H15NO4. The normalized spacial score (nSPS) is 10.9. The molecule has 0 radical (unpaired) electrons. The fourth-order valence-corrected chi connectivity index (χ4v) is 2.61. The average Bonchev–Trinajstić information content (AvgIpc) is 3.23. The molecule has 0 bridgehead atoms. The first-order valence-electron chi connectivity index (χ1n) is 7.86. The highest BCUT2D eigenvalue weighted by Crippen LogP contribution is 2.26. The zero-order chi connectivity index (χ0) is 17.2. The molecule has 25 heavy (non-hydrogen) atoms. The summed E-state index contributed by atoms with van der Waals surface area (Å²) < 4.78 is 16.9. The number of fused-ring (bicyclic) bond motifs is 1. The lowest BCUT2D eigenvalue weighted by molar-refractivity contribution is 0.110. The number of aryl methyl sites for hydroxylation is 1. The Labute approximate surface area is 143 Å². The van der Waals surface area contributed by atoms with E-state index in [0.29, 0.717) is 35.9 Å². The highest BCUT2D eigenvalue weighted by molar-refractivity contribution is 5.85. The monoisotopic (exact) mass is 333 g/mol. The van der Waals surface area contributed by atoms with Crippen LogP contribution in [0.25, 0.3) is 22.4 Å². The van der Waals surface area contributed by atoms with Gasteiger partial charge in [0, 0.05) is 10.9 Å². The Bertz CT molecular complexity index is 1030. The van der Waals surface area contributed by atoms with Gasteiger partial charge in [-0.25, -0.2) is 4.98 Å². The van der Waals surface area contributed by atoms with Gasteiger partial charge in [-0.3, -0.25) is 4.79 Å². The maximum Gasteiger partial charge on any atom is 0.226 e. The summed E-state index contributed by atoms with van der Waals surface area (Å²) >= 11 is 0. The van der Waals surface area contributed by atoms with E-state index in [0.717, 1.165) is 22.4 Å². The molecule has 0 fully saturated rings. The van der Waals surface area contributed by atoms with Gasteiger partial charge in [-0.2, -0.15) is 0 Å². The molecule has 0 spiro atoms. The van der Waals surface area contributed by atoms with E-state index < -0.39 is 0 Å². The Morgan fingerprint density at radius 3 is 2.72 bits per heavy atom. The number of carbonyl (C=O) groups excluding carboxylic acids is 1. The van der Waals surface area contributed by atoms with Gasteiger partial charge in [-0.1, -0.05) is 18.2 Å². The van der Waals surface area contributed by atoms with Crippen molar-refractivity contribution >= 4 is 17.3 Å². The lowest BCUT2D eigenvalue weighted by Gasteiger charge is -2.04. The standard InChI is InChI=1S/C20H15NO4/c1-13-18(21-20(24-13)14-5-3-2-4-6-14)12-23-16-7-8-19-15(9-16)10-17(11-22)25-19/h2-11H,12H2,1H3. The van der Waals surface area contributed by atoms with Crippen molar-refractivity contribution in [2.24, 2.45) is 0 Å². The Balaban J connectivity index is 1.53. The topological polar surface area (TPSA) is 65.5 Å². The van der Waals surface area contributed by atoms with E-state index in [1.807, 2.05) is 43.3 Å². The van der Waals surface area contributed by atoms with Gasteiger partial charge < -0.3 is 13.6 Å². The predicted molar refractivity (Wildman–Crippen MR) is 92.6 cm³/mol. The fraction of sp³-hybridized carbons (Fsp3) is 0.100. The van der Waals surface area contributed by atoms with Crippen molar-refractivity contribution in [3.63, 3.8) is 0 Å². The van der Waals surface area contributed by atoms with Crippen LogP contribution in [-0.4, -0.2) is 11.3 Å². The number of ether oxygens (including phenoxy) is 1. The Morgan fingerprint density at radius 1 is 1.08 bits per heavy atom. The minimum atomic E-state index is 0.298. The molecule has 0 aliphatic heterocycles. The zero-order valence-corrected chi connectivity index (χ0v) is 13.6. The van der Waals surface area contributed by atoms with E-state index in [4.69, 9.17) is 13.6 Å². The van der Waals surface area contributed by atoms with E-state index in [1.165, 1.54) is 0 Å². The van der Waals surface area contributed by atoms with Crippen molar-refractivity contribution in [1.29, 1.82) is 0 Å². The molecule has 0 amide bonds. The van der Waals surface area contributed by atoms with Gasteiger partial charge in [-0.05, 0) is 43.3 Å². The van der Waals surface area contributed by atoms with Crippen LogP contribution < -0.4 is 4.74 Å². The Morgan fingerprint density at radius 2 is 1.92 bits per heavy atom. The maximum absolute atomic E-state index is 10.8. The van der Waals surface area contributed by atoms with Crippen molar-refractivity contribution in [1.82, 2.24) is 4.98 Å². The number of hydrogen-bond donors (Lipinski definition) is 0. The second-order valence-electron chi connectivity index (χ2n) is 5.64. The van der Waals surface area contributed by atoms with Crippen molar-refractivity contribution in [2.75, 3.05) is 0 Å². The van der Waals surface area contributed by atoms with E-state index in [1.54, 1.807) is 18.2 Å². The molecule has 2 aromatic heterocycles. The molecule has 0 N–H and O–H groups in total. The smallest absolute Gasteiger partial charge is 0.226 e. The molecule has 0 saturated carbocycles. The van der Waals surface area contributed by atoms with Crippen molar-refractivity contribution in [3.05, 3.63) is 71.8 Å². The number of carbonyl (C=O) groups is 1. The molecular weight excluding hydrogens is 318 g/mol. The molecule has 0 atom stereocenters. The molecule has 0 aliphatic carbocycles. The number of aromatic nitrogens is 1. The predicted octanol–water partition coefficient (Wildman–Crippen LogP) is 4.79. The summed E-state index contributed by atoms with van der Waals surface area (Å²) in [5.74, 6) is 2.28. The first-order chi connectivity index (χ1) is 12.2. The number of oxazole rings is 1. The molecule has 0 saturated heterocycles. The van der Waals surface area contributed by atoms with Crippen LogP contribution in [0.4, 0.5) is 0 Å². The summed E-state index contributed by atoms with van der Waals surface area (Å²) in [7, 11) is 0. The number of hydrogen-bond acceptors (Lipinski definition) is 5. The van der Waals surface area contributed by atoms with Gasteiger partial charge in [0.15, 0.2) is 12.0 Å². The summed E-state index contributed by atoms with van der Waals surface area (Å²) in [5.41, 5.74) is 2.33. The largest absolute Gasteiger partial charge is 0.487 e. The summed E-state index contributed by atoms with van der Waals surface area (Å²) in [6.45, 7) is 2.17. The van der Waals surface area contributed by atoms with E-state index in [2.05, 4.69) is 4.98 Å². The fourth-order valence-electron chi connectivity index (χ4n) is 2.61. The molecule has 0 unspecified atom stereocenters. The molecule has 0 aliphatic rings. The molecule has 4 rings (SSSR count). The highest BCUT2D eigenvalue weighted by atomic mass is 16.5. The van der Waals surface area contributed by atoms with Crippen LogP contribution in [0, 0.1) is 6.92 Å². The lowest BCUT2D eigenvalue weighted by atomic mass is 10.2. The number of benzene rings is 2. The third-order valence-electron chi connectivity index (χ3n) is 3.91. The Hall–Kier alpha value is -3.34. The van der Waals surface area contributed by atoms with Gasteiger partial charge in [-0.15, -0.1) is 0 Å². The van der Waals surface area contributed by atoms with Crippen LogP contribution in [0.15, 0.2) is 63.4 Å². The van der Waals surface area contributed by atoms with Crippen LogP contribution in [-0.2, 0) is 6.61 Å². The van der Waals surface area contributed by atoms with Crippen LogP contribution in [0.2, 0.25) is 0 Å². The number of aldehydes is 1. The molecule has 5 heteroatoms. The van der Waals surface area contributed by atoms with E-state index in [-0.39, 0.29) is 0 Å². The number of nitrogens with zero attached hydrogens (tertiary/aromatic N) is 1. The van der Waals surface area contributed by atoms with Crippen LogP contribution in [0.1, 0.15) is 22.0 Å². The van der Waals surface area contributed by atoms with Gasteiger partial charge in [0.05, 0.1) is 0 Å². The quantitative estimate of drug-likeness (QED) is 0.491. The summed E-state index contributed by atoms with van der Waals surface area (Å²) in [4.78, 5) is 15.3. The zero-order valence-electron chi connectivity index (χ0n) is 13.6. The van der Waals surface area contributed by atoms with Gasteiger partial charge in [0.25, 0.3) is 0 Å². The van der Waals surface area contributed by atoms with E-state index >= 15 is 0 Å². The third kappa shape index (κ3) is 3.04. The van der Waals surface area contributed by atoms with Crippen LogP contribution in [0.5, 0.6) is 5.75 Å². The van der Waals surface area contributed by atoms with Crippen LogP contribution >= 0.6 is 0 Å². The Kier molecular flexibility index (Phi) is 3.82. The maximum atomic E-state index is 10.8. The van der Waals surface area contributed by atoms with Crippen molar-refractivity contribution in [3.8, 4) is 17.2 Å². The first kappa shape index (κ1) is 15.2. The summed E-state index contributed by atoms with van der Waals surface area (Å²) in [5, 5.41) is 0.821. The number of furan rings is 1. The molecule has 2 heterocycles. The van der Waals surface area contributed by atoms with Crippen LogP contribution in [0.3, 0.4) is 0 Å². The minimum Gasteiger partial charge on any atom is -0.487 e. The first-order valence-corrected chi connectivity index (χ1v) is 7.86. The second kappa shape index (κ2) is 6.28. The van der Waals surface area contributed by atoms with Crippen molar-refractivity contribution in [2.45, 2.75) is 13.5 Å². The van der Waals surface area contributed by atoms with E-state index in [9.17, 15) is 4.79 Å².